The van der Waals surface area contributed by atoms with Crippen LogP contribution < -0.4 is 4.90 Å². The average molecular weight is 323 g/mol. The Balaban J connectivity index is 1.86. The Morgan fingerprint density at radius 3 is 2.74 bits per heavy atom. The normalized spacial score (nSPS) is 19.0. The van der Waals surface area contributed by atoms with Crippen molar-refractivity contribution in [2.45, 2.75) is 24.6 Å². The molecule has 4 nitrogen and oxygen atoms in total. The van der Waals surface area contributed by atoms with Crippen LogP contribution in [-0.2, 0) is 7.05 Å². The van der Waals surface area contributed by atoms with Gasteiger partial charge in [0.2, 0.25) is 0 Å². The summed E-state index contributed by atoms with van der Waals surface area (Å²) in [5.74, 6) is 1.82. The number of anilines is 1. The predicted molar refractivity (Wildman–Crippen MR) is 81.8 cm³/mol. The predicted octanol–water partition coefficient (Wildman–Crippen LogP) is 2.97. The van der Waals surface area contributed by atoms with Crippen molar-refractivity contribution >= 4 is 32.8 Å². The first-order chi connectivity index (χ1) is 9.16. The first-order valence-corrected chi connectivity index (χ1v) is 7.73. The number of aryl methyl sites for hydroxylation is 1. The summed E-state index contributed by atoms with van der Waals surface area (Å²) in [6.45, 7) is 4.39. The second-order valence-corrected chi connectivity index (χ2v) is 6.80. The summed E-state index contributed by atoms with van der Waals surface area (Å²) in [6.07, 6.45) is 6.19. The molecular weight excluding hydrogens is 304 g/mol. The van der Waals surface area contributed by atoms with E-state index in [2.05, 4.69) is 37.7 Å². The van der Waals surface area contributed by atoms with Gasteiger partial charge in [0, 0.05) is 31.2 Å². The number of nitrogens with zero attached hydrogens (tertiary/aromatic N) is 4. The number of alkyl halides is 1. The van der Waals surface area contributed by atoms with Crippen LogP contribution in [0.5, 0.6) is 0 Å². The summed E-state index contributed by atoms with van der Waals surface area (Å²) in [4.78, 5) is 12.0. The van der Waals surface area contributed by atoms with E-state index < -0.39 is 0 Å². The van der Waals surface area contributed by atoms with Crippen LogP contribution in [-0.4, -0.2) is 32.5 Å². The maximum Gasteiger partial charge on any atom is 0.156 e. The van der Waals surface area contributed by atoms with Gasteiger partial charge in [-0.15, -0.1) is 0 Å². The standard InChI is InChI=1S/C14H19BrN4/c1-10(15)11-4-7-19(8-5-11)14-13-12(3-6-16-14)18(2)9-17-13/h3,6,9-11H,4-5,7-8H2,1-2H3. The molecule has 19 heavy (non-hydrogen) atoms. The fourth-order valence-corrected chi connectivity index (χ4v) is 3.38. The quantitative estimate of drug-likeness (QED) is 0.797. The molecule has 1 fully saturated rings. The van der Waals surface area contributed by atoms with Gasteiger partial charge in [0.1, 0.15) is 5.52 Å². The van der Waals surface area contributed by atoms with Gasteiger partial charge >= 0.3 is 0 Å². The molecule has 1 unspecified atom stereocenters. The second-order valence-electron chi connectivity index (χ2n) is 5.36. The molecule has 1 aliphatic heterocycles. The largest absolute Gasteiger partial charge is 0.355 e. The summed E-state index contributed by atoms with van der Waals surface area (Å²) in [6, 6.07) is 2.03. The van der Waals surface area contributed by atoms with Crippen LogP contribution in [0, 0.1) is 5.92 Å². The van der Waals surface area contributed by atoms with E-state index >= 15 is 0 Å². The number of fused-ring (bicyclic) bond motifs is 1. The summed E-state index contributed by atoms with van der Waals surface area (Å²) in [5, 5.41) is 0. The highest BCUT2D eigenvalue weighted by atomic mass is 79.9. The Morgan fingerprint density at radius 2 is 2.05 bits per heavy atom. The Morgan fingerprint density at radius 1 is 1.32 bits per heavy atom. The molecule has 0 N–H and O–H groups in total. The second kappa shape index (κ2) is 5.12. The zero-order valence-electron chi connectivity index (χ0n) is 11.4. The highest BCUT2D eigenvalue weighted by Gasteiger charge is 2.24. The molecule has 3 heterocycles. The van der Waals surface area contributed by atoms with E-state index in [-0.39, 0.29) is 0 Å². The van der Waals surface area contributed by atoms with Crippen LogP contribution in [0.15, 0.2) is 18.6 Å². The number of hydrogen-bond donors (Lipinski definition) is 0. The Labute approximate surface area is 122 Å². The maximum absolute atomic E-state index is 4.55. The third-order valence-electron chi connectivity index (χ3n) is 4.11. The molecule has 2 aromatic heterocycles. The van der Waals surface area contributed by atoms with Crippen LogP contribution in [0.2, 0.25) is 0 Å². The van der Waals surface area contributed by atoms with Crippen molar-refractivity contribution in [1.82, 2.24) is 14.5 Å². The minimum atomic E-state index is 0.605. The van der Waals surface area contributed by atoms with E-state index in [4.69, 9.17) is 0 Å². The van der Waals surface area contributed by atoms with Gasteiger partial charge in [-0.3, -0.25) is 0 Å². The number of piperidine rings is 1. The molecule has 3 rings (SSSR count). The number of aromatic nitrogens is 3. The molecule has 0 saturated carbocycles. The van der Waals surface area contributed by atoms with Gasteiger partial charge in [-0.1, -0.05) is 22.9 Å². The zero-order valence-corrected chi connectivity index (χ0v) is 13.0. The lowest BCUT2D eigenvalue weighted by Crippen LogP contribution is -2.36. The number of imidazole rings is 1. The van der Waals surface area contributed by atoms with E-state index in [1.54, 1.807) is 0 Å². The summed E-state index contributed by atoms with van der Waals surface area (Å²) in [5.41, 5.74) is 2.18. The van der Waals surface area contributed by atoms with Crippen LogP contribution in [0.1, 0.15) is 19.8 Å². The van der Waals surface area contributed by atoms with Gasteiger partial charge in [0.05, 0.1) is 11.8 Å². The van der Waals surface area contributed by atoms with Gasteiger partial charge < -0.3 is 9.47 Å². The van der Waals surface area contributed by atoms with Crippen molar-refractivity contribution < 1.29 is 0 Å². The summed E-state index contributed by atoms with van der Waals surface area (Å²) < 4.78 is 2.05. The summed E-state index contributed by atoms with van der Waals surface area (Å²) in [7, 11) is 2.03. The number of pyridine rings is 1. The molecule has 2 aromatic rings. The van der Waals surface area contributed by atoms with Crippen molar-refractivity contribution in [2.75, 3.05) is 18.0 Å². The van der Waals surface area contributed by atoms with E-state index in [9.17, 15) is 0 Å². The van der Waals surface area contributed by atoms with Crippen molar-refractivity contribution in [2.24, 2.45) is 13.0 Å². The highest BCUT2D eigenvalue weighted by molar-refractivity contribution is 9.09. The van der Waals surface area contributed by atoms with Gasteiger partial charge in [0.15, 0.2) is 5.82 Å². The molecule has 5 heteroatoms. The molecule has 0 amide bonds. The molecule has 1 saturated heterocycles. The van der Waals surface area contributed by atoms with E-state index in [0.717, 1.165) is 35.9 Å². The number of halogens is 1. The van der Waals surface area contributed by atoms with Gasteiger partial charge in [-0.2, -0.15) is 0 Å². The number of hydrogen-bond acceptors (Lipinski definition) is 3. The minimum Gasteiger partial charge on any atom is -0.355 e. The molecular formula is C14H19BrN4. The lowest BCUT2D eigenvalue weighted by molar-refractivity contribution is 0.406. The Kier molecular flexibility index (Phi) is 3.48. The third kappa shape index (κ3) is 2.36. The Bertz CT molecular complexity index is 570. The molecule has 0 aliphatic carbocycles. The minimum absolute atomic E-state index is 0.605. The van der Waals surface area contributed by atoms with Gasteiger partial charge in [0.25, 0.3) is 0 Å². The van der Waals surface area contributed by atoms with Crippen LogP contribution >= 0.6 is 15.9 Å². The Hall–Kier alpha value is -1.10. The van der Waals surface area contributed by atoms with Crippen molar-refractivity contribution in [3.63, 3.8) is 0 Å². The fourth-order valence-electron chi connectivity index (χ4n) is 2.85. The third-order valence-corrected chi connectivity index (χ3v) is 4.86. The first-order valence-electron chi connectivity index (χ1n) is 6.82. The van der Waals surface area contributed by atoms with Gasteiger partial charge in [-0.05, 0) is 24.8 Å². The van der Waals surface area contributed by atoms with Crippen LogP contribution in [0.3, 0.4) is 0 Å². The highest BCUT2D eigenvalue weighted by Crippen LogP contribution is 2.30. The van der Waals surface area contributed by atoms with Crippen molar-refractivity contribution in [1.29, 1.82) is 0 Å². The lowest BCUT2D eigenvalue weighted by Gasteiger charge is -2.34. The van der Waals surface area contributed by atoms with Gasteiger partial charge in [-0.25, -0.2) is 9.97 Å². The topological polar surface area (TPSA) is 34.0 Å². The SMILES string of the molecule is CC(Br)C1CCN(c2nccc3c2ncn3C)CC1. The molecule has 1 aliphatic rings. The molecule has 0 aromatic carbocycles. The number of rotatable bonds is 2. The maximum atomic E-state index is 4.55. The van der Waals surface area contributed by atoms with Crippen molar-refractivity contribution in [3.05, 3.63) is 18.6 Å². The smallest absolute Gasteiger partial charge is 0.156 e. The lowest BCUT2D eigenvalue weighted by atomic mass is 9.94. The zero-order chi connectivity index (χ0) is 13.4. The monoisotopic (exact) mass is 322 g/mol. The summed E-state index contributed by atoms with van der Waals surface area (Å²) >= 11 is 3.71. The van der Waals surface area contributed by atoms with E-state index in [1.165, 1.54) is 12.8 Å². The first kappa shape index (κ1) is 12.9. The molecule has 0 spiro atoms. The van der Waals surface area contributed by atoms with Crippen molar-refractivity contribution in [3.8, 4) is 0 Å². The van der Waals surface area contributed by atoms with Crippen LogP contribution in [0.4, 0.5) is 5.82 Å². The van der Waals surface area contributed by atoms with Crippen LogP contribution in [0.25, 0.3) is 11.0 Å². The fraction of sp³-hybridized carbons (Fsp3) is 0.571. The molecule has 1 atom stereocenters. The molecule has 0 radical (unpaired) electrons. The molecule has 102 valence electrons. The average Bonchev–Trinajstić information content (AvgIpc) is 2.81. The molecule has 0 bridgehead atoms. The van der Waals surface area contributed by atoms with E-state index in [0.29, 0.717) is 4.83 Å². The van der Waals surface area contributed by atoms with E-state index in [1.807, 2.05) is 30.2 Å².